The minimum Gasteiger partial charge on any atom is -0.311 e. The van der Waals surface area contributed by atoms with E-state index in [1.54, 1.807) is 0 Å². The van der Waals surface area contributed by atoms with Gasteiger partial charge in [0, 0.05) is 18.6 Å². The minimum atomic E-state index is 0.224. The second-order valence-corrected chi connectivity index (χ2v) is 8.29. The van der Waals surface area contributed by atoms with Crippen molar-refractivity contribution in [2.75, 3.05) is 26.2 Å². The van der Waals surface area contributed by atoms with Crippen LogP contribution in [-0.2, 0) is 0 Å². The van der Waals surface area contributed by atoms with Gasteiger partial charge in [-0.1, -0.05) is 27.2 Å². The number of hydrogen-bond acceptors (Lipinski definition) is 2. The van der Waals surface area contributed by atoms with Gasteiger partial charge >= 0.3 is 0 Å². The molecular formula is C19H40N2. The highest BCUT2D eigenvalue weighted by Crippen LogP contribution is 2.30. The van der Waals surface area contributed by atoms with Crippen molar-refractivity contribution in [2.45, 2.75) is 85.6 Å². The van der Waals surface area contributed by atoms with Crippen LogP contribution in [0.15, 0.2) is 0 Å². The molecule has 0 aromatic heterocycles. The number of likely N-dealkylation sites (tertiary alicyclic amines) is 1. The quantitative estimate of drug-likeness (QED) is 0.733. The maximum Gasteiger partial charge on any atom is 0.00967 e. The highest BCUT2D eigenvalue weighted by Gasteiger charge is 2.30. The molecule has 0 aromatic rings. The monoisotopic (exact) mass is 296 g/mol. The molecule has 0 radical (unpaired) electrons. The molecule has 2 heteroatoms. The van der Waals surface area contributed by atoms with Gasteiger partial charge in [0.05, 0.1) is 0 Å². The van der Waals surface area contributed by atoms with E-state index < -0.39 is 0 Å². The molecule has 1 saturated heterocycles. The van der Waals surface area contributed by atoms with Gasteiger partial charge in [-0.05, 0) is 77.3 Å². The predicted octanol–water partition coefficient (Wildman–Crippen LogP) is 4.69. The Balaban J connectivity index is 2.60. The average Bonchev–Trinajstić information content (AvgIpc) is 2.67. The molecule has 0 aliphatic carbocycles. The molecule has 21 heavy (non-hydrogen) atoms. The summed E-state index contributed by atoms with van der Waals surface area (Å²) in [5.74, 6) is 0.973. The van der Waals surface area contributed by atoms with Gasteiger partial charge in [-0.15, -0.1) is 0 Å². The summed E-state index contributed by atoms with van der Waals surface area (Å²) < 4.78 is 0. The lowest BCUT2D eigenvalue weighted by atomic mass is 9.81. The highest BCUT2D eigenvalue weighted by atomic mass is 15.1. The van der Waals surface area contributed by atoms with Crippen LogP contribution in [0.25, 0.3) is 0 Å². The van der Waals surface area contributed by atoms with Gasteiger partial charge in [-0.2, -0.15) is 0 Å². The SMILES string of the molecule is CCC1CCCN(CC(CC)(CC)CNC(C)(C)C)CC1. The second kappa shape index (κ2) is 8.53. The Morgan fingerprint density at radius 3 is 2.19 bits per heavy atom. The van der Waals surface area contributed by atoms with Crippen molar-refractivity contribution in [3.63, 3.8) is 0 Å². The minimum absolute atomic E-state index is 0.224. The summed E-state index contributed by atoms with van der Waals surface area (Å²) in [6, 6.07) is 0. The van der Waals surface area contributed by atoms with Crippen molar-refractivity contribution in [3.8, 4) is 0 Å². The molecule has 1 heterocycles. The molecular weight excluding hydrogens is 256 g/mol. The van der Waals surface area contributed by atoms with Crippen molar-refractivity contribution in [1.82, 2.24) is 10.2 Å². The molecule has 2 nitrogen and oxygen atoms in total. The van der Waals surface area contributed by atoms with Crippen LogP contribution in [0.1, 0.15) is 80.1 Å². The van der Waals surface area contributed by atoms with Crippen LogP contribution >= 0.6 is 0 Å². The first kappa shape index (κ1) is 19.0. The lowest BCUT2D eigenvalue weighted by Crippen LogP contribution is -2.48. The van der Waals surface area contributed by atoms with Crippen LogP contribution in [0.3, 0.4) is 0 Å². The van der Waals surface area contributed by atoms with Crippen LogP contribution in [0.4, 0.5) is 0 Å². The number of rotatable bonds is 7. The van der Waals surface area contributed by atoms with Gasteiger partial charge in [0.2, 0.25) is 0 Å². The lowest BCUT2D eigenvalue weighted by molar-refractivity contribution is 0.127. The highest BCUT2D eigenvalue weighted by molar-refractivity contribution is 4.86. The molecule has 1 atom stereocenters. The lowest BCUT2D eigenvalue weighted by Gasteiger charge is -2.39. The van der Waals surface area contributed by atoms with E-state index in [-0.39, 0.29) is 5.54 Å². The maximum atomic E-state index is 3.76. The first-order chi connectivity index (χ1) is 9.84. The molecule has 1 N–H and O–H groups in total. The second-order valence-electron chi connectivity index (χ2n) is 8.29. The standard InChI is InChI=1S/C19H40N2/c1-7-17-11-10-13-21(14-12-17)16-19(8-2,9-3)15-20-18(4,5)6/h17,20H,7-16H2,1-6H3. The third kappa shape index (κ3) is 6.69. The summed E-state index contributed by atoms with van der Waals surface area (Å²) in [6.07, 6.45) is 8.17. The fourth-order valence-corrected chi connectivity index (χ4v) is 3.50. The summed E-state index contributed by atoms with van der Waals surface area (Å²) in [5.41, 5.74) is 0.668. The number of nitrogens with one attached hydrogen (secondary N) is 1. The molecule has 0 spiro atoms. The topological polar surface area (TPSA) is 15.3 Å². The Hall–Kier alpha value is -0.0800. The average molecular weight is 297 g/mol. The molecule has 0 aromatic carbocycles. The summed E-state index contributed by atoms with van der Waals surface area (Å²) in [5, 5.41) is 3.76. The van der Waals surface area contributed by atoms with E-state index in [0.717, 1.165) is 12.5 Å². The maximum absolute atomic E-state index is 3.76. The van der Waals surface area contributed by atoms with E-state index >= 15 is 0 Å². The first-order valence-electron chi connectivity index (χ1n) is 9.31. The van der Waals surface area contributed by atoms with Gasteiger partial charge in [-0.25, -0.2) is 0 Å². The molecule has 0 bridgehead atoms. The van der Waals surface area contributed by atoms with E-state index in [4.69, 9.17) is 0 Å². The fourth-order valence-electron chi connectivity index (χ4n) is 3.50. The van der Waals surface area contributed by atoms with Crippen LogP contribution in [-0.4, -0.2) is 36.6 Å². The van der Waals surface area contributed by atoms with Crippen molar-refractivity contribution < 1.29 is 0 Å². The summed E-state index contributed by atoms with van der Waals surface area (Å²) in [7, 11) is 0. The van der Waals surface area contributed by atoms with E-state index in [0.29, 0.717) is 5.41 Å². The predicted molar refractivity (Wildman–Crippen MR) is 94.8 cm³/mol. The van der Waals surface area contributed by atoms with E-state index in [9.17, 15) is 0 Å². The van der Waals surface area contributed by atoms with Crippen molar-refractivity contribution in [3.05, 3.63) is 0 Å². The summed E-state index contributed by atoms with van der Waals surface area (Å²) in [4.78, 5) is 2.76. The molecule has 126 valence electrons. The Bertz CT molecular complexity index is 276. The molecule has 1 rings (SSSR count). The van der Waals surface area contributed by atoms with E-state index in [1.807, 2.05) is 0 Å². The van der Waals surface area contributed by atoms with Crippen LogP contribution in [0.2, 0.25) is 0 Å². The van der Waals surface area contributed by atoms with Crippen molar-refractivity contribution >= 4 is 0 Å². The van der Waals surface area contributed by atoms with Gasteiger partial charge < -0.3 is 10.2 Å². The molecule has 1 fully saturated rings. The third-order valence-electron chi connectivity index (χ3n) is 5.57. The van der Waals surface area contributed by atoms with Gasteiger partial charge in [0.25, 0.3) is 0 Å². The smallest absolute Gasteiger partial charge is 0.00967 e. The van der Waals surface area contributed by atoms with Gasteiger partial charge in [-0.3, -0.25) is 0 Å². The van der Waals surface area contributed by atoms with E-state index in [2.05, 4.69) is 51.8 Å². The third-order valence-corrected chi connectivity index (χ3v) is 5.57. The van der Waals surface area contributed by atoms with Crippen molar-refractivity contribution in [2.24, 2.45) is 11.3 Å². The van der Waals surface area contributed by atoms with Crippen molar-refractivity contribution in [1.29, 1.82) is 0 Å². The van der Waals surface area contributed by atoms with Gasteiger partial charge in [0.1, 0.15) is 0 Å². The fraction of sp³-hybridized carbons (Fsp3) is 1.00. The van der Waals surface area contributed by atoms with Crippen LogP contribution in [0.5, 0.6) is 0 Å². The largest absolute Gasteiger partial charge is 0.311 e. The zero-order valence-corrected chi connectivity index (χ0v) is 15.6. The van der Waals surface area contributed by atoms with Gasteiger partial charge in [0.15, 0.2) is 0 Å². The zero-order chi connectivity index (χ0) is 15.9. The molecule has 0 amide bonds. The normalized spacial score (nSPS) is 22.3. The number of hydrogen-bond donors (Lipinski definition) is 1. The molecule has 1 unspecified atom stereocenters. The summed E-state index contributed by atoms with van der Waals surface area (Å²) >= 11 is 0. The first-order valence-corrected chi connectivity index (χ1v) is 9.31. The molecule has 1 aliphatic rings. The zero-order valence-electron chi connectivity index (χ0n) is 15.6. The van der Waals surface area contributed by atoms with Crippen LogP contribution in [0, 0.1) is 11.3 Å². The summed E-state index contributed by atoms with van der Waals surface area (Å²) in [6.45, 7) is 19.0. The number of nitrogens with zero attached hydrogens (tertiary/aromatic N) is 1. The van der Waals surface area contributed by atoms with Crippen LogP contribution < -0.4 is 5.32 Å². The Morgan fingerprint density at radius 2 is 1.67 bits per heavy atom. The Kier molecular flexibility index (Phi) is 7.70. The molecule has 1 aliphatic heterocycles. The molecule has 0 saturated carbocycles. The Morgan fingerprint density at radius 1 is 1.00 bits per heavy atom. The van der Waals surface area contributed by atoms with E-state index in [1.165, 1.54) is 58.2 Å². The Labute approximate surface area is 134 Å².